The molecule has 0 radical (unpaired) electrons. The molecule has 0 saturated heterocycles. The zero-order valence-corrected chi connectivity index (χ0v) is 8.74. The first-order valence-electron chi connectivity index (χ1n) is 4.55. The van der Waals surface area contributed by atoms with Crippen LogP contribution in [0.25, 0.3) is 0 Å². The third kappa shape index (κ3) is 3.65. The van der Waals surface area contributed by atoms with Crippen molar-refractivity contribution in [3.05, 3.63) is 34.9 Å². The van der Waals surface area contributed by atoms with Gasteiger partial charge in [0.05, 0.1) is 11.1 Å². The highest BCUT2D eigenvalue weighted by Gasteiger charge is 2.38. The number of hydrogen-bond acceptors (Lipinski definition) is 1. The smallest absolute Gasteiger partial charge is 0.288 e. The Morgan fingerprint density at radius 2 is 1.21 bits per heavy atom. The Labute approximate surface area is 100 Å². The largest absolute Gasteiger partial charge is 0.416 e. The molecule has 0 spiro atoms. The summed E-state index contributed by atoms with van der Waals surface area (Å²) < 4.78 is 98.1. The van der Waals surface area contributed by atoms with E-state index in [4.69, 9.17) is 0 Å². The minimum atomic E-state index is -5.18. The van der Waals surface area contributed by atoms with Crippen molar-refractivity contribution in [3.63, 3.8) is 0 Å². The van der Waals surface area contributed by atoms with E-state index in [1.807, 2.05) is 0 Å². The first-order valence-corrected chi connectivity index (χ1v) is 4.55. The Balaban J connectivity index is 3.46. The van der Waals surface area contributed by atoms with Gasteiger partial charge in [-0.05, 0) is 18.2 Å². The average molecular weight is 292 g/mol. The molecule has 0 fully saturated rings. The molecule has 0 saturated carbocycles. The second-order valence-corrected chi connectivity index (χ2v) is 3.46. The summed E-state index contributed by atoms with van der Waals surface area (Å²) in [5.41, 5.74) is -4.96. The zero-order valence-electron chi connectivity index (χ0n) is 8.74. The monoisotopic (exact) mass is 292 g/mol. The number of carbonyl (C=O) groups excluding carboxylic acids is 1. The molecular formula is C10H4F8O. The molecule has 9 heteroatoms. The molecule has 1 aromatic carbocycles. The van der Waals surface area contributed by atoms with Crippen LogP contribution in [-0.2, 0) is 12.4 Å². The number of ketones is 1. The van der Waals surface area contributed by atoms with Gasteiger partial charge in [0, 0.05) is 5.56 Å². The van der Waals surface area contributed by atoms with Gasteiger partial charge in [-0.1, -0.05) is 0 Å². The van der Waals surface area contributed by atoms with Crippen LogP contribution in [0, 0.1) is 0 Å². The van der Waals surface area contributed by atoms with Crippen LogP contribution in [-0.4, -0.2) is 12.2 Å². The molecule has 1 nitrogen and oxygen atoms in total. The quantitative estimate of drug-likeness (QED) is 0.590. The van der Waals surface area contributed by atoms with Gasteiger partial charge < -0.3 is 0 Å². The van der Waals surface area contributed by atoms with E-state index in [-0.39, 0.29) is 18.2 Å². The molecule has 0 aliphatic heterocycles. The van der Waals surface area contributed by atoms with Crippen molar-refractivity contribution in [2.24, 2.45) is 0 Å². The normalized spacial score (nSPS) is 12.9. The van der Waals surface area contributed by atoms with E-state index in [1.54, 1.807) is 0 Å². The van der Waals surface area contributed by atoms with Gasteiger partial charge in [0.2, 0.25) is 5.78 Å². The number of hydrogen-bond donors (Lipinski definition) is 0. The summed E-state index contributed by atoms with van der Waals surface area (Å²) >= 11 is 0. The first kappa shape index (κ1) is 15.4. The minimum Gasteiger partial charge on any atom is -0.288 e. The van der Waals surface area contributed by atoms with Crippen molar-refractivity contribution < 1.29 is 39.9 Å². The van der Waals surface area contributed by atoms with E-state index >= 15 is 0 Å². The number of benzene rings is 1. The van der Waals surface area contributed by atoms with Gasteiger partial charge in [0.1, 0.15) is 0 Å². The maximum Gasteiger partial charge on any atom is 0.416 e. The first-order chi connectivity index (χ1) is 8.43. The van der Waals surface area contributed by atoms with Gasteiger partial charge in [-0.3, -0.25) is 4.79 Å². The van der Waals surface area contributed by atoms with Crippen molar-refractivity contribution in [2.45, 2.75) is 18.8 Å². The van der Waals surface area contributed by atoms with Crippen LogP contribution in [0.3, 0.4) is 0 Å². The fourth-order valence-corrected chi connectivity index (χ4v) is 1.22. The number of rotatable bonds is 2. The highest BCUT2D eigenvalue weighted by atomic mass is 19.4. The molecule has 1 rings (SSSR count). The van der Waals surface area contributed by atoms with Gasteiger partial charge in [0.15, 0.2) is 0 Å². The molecule has 0 heterocycles. The molecule has 0 aliphatic carbocycles. The SMILES string of the molecule is O=C(c1cc(C(F)(F)F)cc(C(F)(F)F)c1)C(F)F. The summed E-state index contributed by atoms with van der Waals surface area (Å²) in [7, 11) is 0. The lowest BCUT2D eigenvalue weighted by molar-refractivity contribution is -0.143. The molecular weight excluding hydrogens is 288 g/mol. The average Bonchev–Trinajstić information content (AvgIpc) is 2.24. The predicted octanol–water partition coefficient (Wildman–Crippen LogP) is 4.17. The summed E-state index contributed by atoms with van der Waals surface area (Å²) in [5, 5.41) is 0. The van der Waals surface area contributed by atoms with E-state index in [2.05, 4.69) is 0 Å². The Morgan fingerprint density at radius 3 is 1.47 bits per heavy atom. The van der Waals surface area contributed by atoms with Crippen molar-refractivity contribution in [3.8, 4) is 0 Å². The number of alkyl halides is 8. The standard InChI is InChI=1S/C10H4F8O/c11-8(12)7(19)4-1-5(9(13,14)15)3-6(2-4)10(16,17)18/h1-3,8H. The highest BCUT2D eigenvalue weighted by molar-refractivity contribution is 5.98. The van der Waals surface area contributed by atoms with Crippen molar-refractivity contribution in [2.75, 3.05) is 0 Å². The summed E-state index contributed by atoms with van der Waals surface area (Å²) in [6.07, 6.45) is -14.1. The van der Waals surface area contributed by atoms with Gasteiger partial charge in [-0.25, -0.2) is 8.78 Å². The molecule has 0 atom stereocenters. The summed E-state index contributed by atoms with van der Waals surface area (Å²) in [6.45, 7) is 0. The highest BCUT2D eigenvalue weighted by Crippen LogP contribution is 2.36. The third-order valence-corrected chi connectivity index (χ3v) is 2.07. The van der Waals surface area contributed by atoms with Crippen LogP contribution >= 0.6 is 0 Å². The molecule has 0 amide bonds. The van der Waals surface area contributed by atoms with Crippen LogP contribution < -0.4 is 0 Å². The molecule has 0 aliphatic rings. The van der Waals surface area contributed by atoms with Gasteiger partial charge in [0.25, 0.3) is 0 Å². The van der Waals surface area contributed by atoms with Crippen LogP contribution in [0.1, 0.15) is 21.5 Å². The van der Waals surface area contributed by atoms with Crippen LogP contribution in [0.4, 0.5) is 35.1 Å². The van der Waals surface area contributed by atoms with E-state index in [0.29, 0.717) is 0 Å². The molecule has 0 bridgehead atoms. The number of carbonyl (C=O) groups is 1. The van der Waals surface area contributed by atoms with Crippen molar-refractivity contribution in [1.82, 2.24) is 0 Å². The zero-order chi connectivity index (χ0) is 15.0. The van der Waals surface area contributed by atoms with Crippen molar-refractivity contribution >= 4 is 5.78 Å². The minimum absolute atomic E-state index is 0.0380. The van der Waals surface area contributed by atoms with E-state index < -0.39 is 41.3 Å². The maximum atomic E-state index is 12.3. The molecule has 0 aromatic heterocycles. The molecule has 106 valence electrons. The Kier molecular flexibility index (Phi) is 3.87. The Morgan fingerprint density at radius 1 is 0.842 bits per heavy atom. The summed E-state index contributed by atoms with van der Waals surface area (Å²) in [6, 6.07) is -0.324. The van der Waals surface area contributed by atoms with E-state index in [0.717, 1.165) is 0 Å². The topological polar surface area (TPSA) is 17.1 Å². The molecule has 1 aromatic rings. The predicted molar refractivity (Wildman–Crippen MR) is 46.8 cm³/mol. The molecule has 0 unspecified atom stereocenters. The Bertz CT molecular complexity index is 453. The van der Waals surface area contributed by atoms with Gasteiger partial charge >= 0.3 is 18.8 Å². The number of halogens is 8. The van der Waals surface area contributed by atoms with Gasteiger partial charge in [-0.15, -0.1) is 0 Å². The lowest BCUT2D eigenvalue weighted by atomic mass is 10.0. The lowest BCUT2D eigenvalue weighted by Crippen LogP contribution is -2.16. The van der Waals surface area contributed by atoms with E-state index in [9.17, 15) is 39.9 Å². The second-order valence-electron chi connectivity index (χ2n) is 3.46. The van der Waals surface area contributed by atoms with Crippen LogP contribution in [0.5, 0.6) is 0 Å². The van der Waals surface area contributed by atoms with Crippen molar-refractivity contribution in [1.29, 1.82) is 0 Å². The van der Waals surface area contributed by atoms with Crippen LogP contribution in [0.2, 0.25) is 0 Å². The summed E-state index contributed by atoms with van der Waals surface area (Å²) in [5.74, 6) is -2.10. The number of Topliss-reactive ketones (excluding diaryl/α,β-unsaturated/α-hetero) is 1. The van der Waals surface area contributed by atoms with E-state index in [1.165, 1.54) is 0 Å². The Hall–Kier alpha value is -1.67. The molecule has 19 heavy (non-hydrogen) atoms. The fraction of sp³-hybridized carbons (Fsp3) is 0.300. The lowest BCUT2D eigenvalue weighted by Gasteiger charge is -2.13. The molecule has 0 N–H and O–H groups in total. The fourth-order valence-electron chi connectivity index (χ4n) is 1.22. The third-order valence-electron chi connectivity index (χ3n) is 2.07. The maximum absolute atomic E-state index is 12.3. The van der Waals surface area contributed by atoms with Crippen LogP contribution in [0.15, 0.2) is 18.2 Å². The van der Waals surface area contributed by atoms with Gasteiger partial charge in [-0.2, -0.15) is 26.3 Å². The summed E-state index contributed by atoms with van der Waals surface area (Å²) in [4.78, 5) is 10.8. The second kappa shape index (κ2) is 4.78.